The summed E-state index contributed by atoms with van der Waals surface area (Å²) in [6.07, 6.45) is 6.21. The summed E-state index contributed by atoms with van der Waals surface area (Å²) < 4.78 is 1.62. The average molecular weight is 311 g/mol. The van der Waals surface area contributed by atoms with Crippen LogP contribution in [0.15, 0.2) is 42.5 Å². The molecule has 2 aromatic rings. The van der Waals surface area contributed by atoms with Gasteiger partial charge in [-0.2, -0.15) is 10.4 Å². The van der Waals surface area contributed by atoms with Crippen LogP contribution in [0.5, 0.6) is 0 Å². The Labute approximate surface area is 132 Å². The van der Waals surface area contributed by atoms with Gasteiger partial charge in [0.15, 0.2) is 0 Å². The number of rotatable bonds is 5. The highest BCUT2D eigenvalue weighted by atomic mass is 16.1. The maximum absolute atomic E-state index is 12.2. The summed E-state index contributed by atoms with van der Waals surface area (Å²) in [5, 5.41) is 17.2. The normalized spacial score (nSPS) is 15.9. The van der Waals surface area contributed by atoms with Crippen molar-refractivity contribution in [3.05, 3.63) is 48.1 Å². The van der Waals surface area contributed by atoms with E-state index in [1.807, 2.05) is 18.2 Å². The molecule has 118 valence electrons. The minimum absolute atomic E-state index is 0.137. The van der Waals surface area contributed by atoms with Gasteiger partial charge in [-0.15, -0.1) is 0 Å². The standard InChI is InChI=1S/C15H17N7O/c16-10-15(4-5-15)22(18)9-11(17)7-19-14(23)12-8-20-21-6-2-1-3-13(12)21/h1-3,6,8-9H,4-5,7,17-18H2,(H,19,23)/b11-9-. The second kappa shape index (κ2) is 5.62. The third-order valence-electron chi connectivity index (χ3n) is 3.86. The van der Waals surface area contributed by atoms with Crippen LogP contribution in [0.2, 0.25) is 0 Å². The second-order valence-corrected chi connectivity index (χ2v) is 5.53. The fourth-order valence-electron chi connectivity index (χ4n) is 2.28. The number of nitrogens with zero attached hydrogens (tertiary/aromatic N) is 4. The van der Waals surface area contributed by atoms with Crippen LogP contribution in [0.1, 0.15) is 23.2 Å². The van der Waals surface area contributed by atoms with E-state index in [0.717, 1.165) is 18.4 Å². The predicted octanol–water partition coefficient (Wildman–Crippen LogP) is 0.0961. The molecule has 0 aromatic carbocycles. The number of nitrogens with two attached hydrogens (primary N) is 2. The number of fused-ring (bicyclic) bond motifs is 1. The molecule has 1 aliphatic rings. The minimum Gasteiger partial charge on any atom is -0.399 e. The lowest BCUT2D eigenvalue weighted by Gasteiger charge is -2.20. The summed E-state index contributed by atoms with van der Waals surface area (Å²) in [5.41, 5.74) is 6.78. The van der Waals surface area contributed by atoms with E-state index < -0.39 is 5.54 Å². The minimum atomic E-state index is -0.642. The summed E-state index contributed by atoms with van der Waals surface area (Å²) in [6.45, 7) is 0.137. The van der Waals surface area contributed by atoms with Gasteiger partial charge < -0.3 is 11.1 Å². The summed E-state index contributed by atoms with van der Waals surface area (Å²) in [5.74, 6) is 5.56. The Kier molecular flexibility index (Phi) is 3.64. The Morgan fingerprint density at radius 1 is 1.57 bits per heavy atom. The van der Waals surface area contributed by atoms with Crippen LogP contribution in [0.3, 0.4) is 0 Å². The fourth-order valence-corrected chi connectivity index (χ4v) is 2.28. The second-order valence-electron chi connectivity index (χ2n) is 5.53. The van der Waals surface area contributed by atoms with Gasteiger partial charge in [-0.3, -0.25) is 9.80 Å². The summed E-state index contributed by atoms with van der Waals surface area (Å²) in [6, 6.07) is 7.65. The van der Waals surface area contributed by atoms with E-state index in [1.165, 1.54) is 17.4 Å². The number of nitrogens with one attached hydrogen (secondary N) is 1. The van der Waals surface area contributed by atoms with Crippen molar-refractivity contribution in [3.63, 3.8) is 0 Å². The van der Waals surface area contributed by atoms with Crippen molar-refractivity contribution < 1.29 is 4.79 Å². The van der Waals surface area contributed by atoms with Crippen LogP contribution in [0.4, 0.5) is 0 Å². The smallest absolute Gasteiger partial charge is 0.255 e. The van der Waals surface area contributed by atoms with Crippen molar-refractivity contribution in [2.24, 2.45) is 11.6 Å². The first-order chi connectivity index (χ1) is 11.1. The zero-order chi connectivity index (χ0) is 16.4. The van der Waals surface area contributed by atoms with E-state index in [-0.39, 0.29) is 12.5 Å². The highest BCUT2D eigenvalue weighted by Gasteiger charge is 2.47. The first-order valence-corrected chi connectivity index (χ1v) is 7.18. The van der Waals surface area contributed by atoms with Crippen molar-refractivity contribution in [1.82, 2.24) is 19.9 Å². The quantitative estimate of drug-likeness (QED) is 0.531. The van der Waals surface area contributed by atoms with Crippen LogP contribution in [0.25, 0.3) is 5.52 Å². The third-order valence-corrected chi connectivity index (χ3v) is 3.86. The Morgan fingerprint density at radius 2 is 2.35 bits per heavy atom. The largest absolute Gasteiger partial charge is 0.399 e. The van der Waals surface area contributed by atoms with Crippen molar-refractivity contribution in [1.29, 1.82) is 5.26 Å². The van der Waals surface area contributed by atoms with Gasteiger partial charge >= 0.3 is 0 Å². The monoisotopic (exact) mass is 311 g/mol. The first-order valence-electron chi connectivity index (χ1n) is 7.18. The summed E-state index contributed by atoms with van der Waals surface area (Å²) in [4.78, 5) is 12.2. The van der Waals surface area contributed by atoms with Crippen LogP contribution in [-0.2, 0) is 0 Å². The highest BCUT2D eigenvalue weighted by Crippen LogP contribution is 2.39. The SMILES string of the molecule is N#CC1(N(N)/C=C(\N)CNC(=O)c2cnn3ccccc23)CC1. The molecule has 1 amide bonds. The van der Waals surface area contributed by atoms with Crippen LogP contribution in [-0.4, -0.2) is 32.6 Å². The molecule has 2 aromatic heterocycles. The van der Waals surface area contributed by atoms with E-state index in [0.29, 0.717) is 11.3 Å². The van der Waals surface area contributed by atoms with E-state index in [1.54, 1.807) is 10.7 Å². The number of nitriles is 1. The average Bonchev–Trinajstić information content (AvgIpc) is 3.25. The lowest BCUT2D eigenvalue weighted by atomic mass is 10.2. The molecule has 1 saturated carbocycles. The topological polar surface area (TPSA) is 125 Å². The summed E-state index contributed by atoms with van der Waals surface area (Å²) in [7, 11) is 0. The van der Waals surface area contributed by atoms with Gasteiger partial charge in [0.2, 0.25) is 0 Å². The number of aromatic nitrogens is 2. The molecule has 1 fully saturated rings. The summed E-state index contributed by atoms with van der Waals surface area (Å²) >= 11 is 0. The number of carbonyl (C=O) groups is 1. The van der Waals surface area contributed by atoms with Crippen molar-refractivity contribution in [2.75, 3.05) is 6.54 Å². The molecule has 5 N–H and O–H groups in total. The molecule has 2 heterocycles. The van der Waals surface area contributed by atoms with E-state index >= 15 is 0 Å². The number of carbonyl (C=O) groups excluding carboxylic acids is 1. The van der Waals surface area contributed by atoms with Gasteiger partial charge in [0.25, 0.3) is 5.91 Å². The highest BCUT2D eigenvalue weighted by molar-refractivity contribution is 6.00. The van der Waals surface area contributed by atoms with Gasteiger partial charge in [0.05, 0.1) is 29.9 Å². The lowest BCUT2D eigenvalue weighted by molar-refractivity contribution is 0.0958. The molecular formula is C15H17N7O. The Balaban J connectivity index is 1.64. The van der Waals surface area contributed by atoms with E-state index in [9.17, 15) is 4.79 Å². The van der Waals surface area contributed by atoms with Gasteiger partial charge in [-0.1, -0.05) is 6.07 Å². The molecule has 23 heavy (non-hydrogen) atoms. The molecule has 0 bridgehead atoms. The molecule has 0 spiro atoms. The fraction of sp³-hybridized carbons (Fsp3) is 0.267. The van der Waals surface area contributed by atoms with Crippen LogP contribution >= 0.6 is 0 Å². The molecular weight excluding hydrogens is 294 g/mol. The zero-order valence-electron chi connectivity index (χ0n) is 12.4. The molecule has 0 aliphatic heterocycles. The third kappa shape index (κ3) is 2.82. The number of hydrazine groups is 1. The molecule has 8 nitrogen and oxygen atoms in total. The maximum Gasteiger partial charge on any atom is 0.255 e. The van der Waals surface area contributed by atoms with Gasteiger partial charge in [-0.25, -0.2) is 10.4 Å². The van der Waals surface area contributed by atoms with E-state index in [2.05, 4.69) is 16.5 Å². The molecule has 3 rings (SSSR count). The van der Waals surface area contributed by atoms with Crippen molar-refractivity contribution in [2.45, 2.75) is 18.4 Å². The molecule has 0 unspecified atom stereocenters. The molecule has 0 radical (unpaired) electrons. The van der Waals surface area contributed by atoms with Gasteiger partial charge in [0.1, 0.15) is 5.54 Å². The molecule has 0 saturated heterocycles. The zero-order valence-corrected chi connectivity index (χ0v) is 12.4. The lowest BCUT2D eigenvalue weighted by Crippen LogP contribution is -2.39. The number of hydrogen-bond donors (Lipinski definition) is 3. The predicted molar refractivity (Wildman–Crippen MR) is 83.4 cm³/mol. The van der Waals surface area contributed by atoms with Crippen molar-refractivity contribution >= 4 is 11.4 Å². The van der Waals surface area contributed by atoms with Gasteiger partial charge in [-0.05, 0) is 25.0 Å². The van der Waals surface area contributed by atoms with Crippen LogP contribution in [0, 0.1) is 11.3 Å². The first kappa shape index (κ1) is 14.9. The number of pyridine rings is 1. The molecule has 0 atom stereocenters. The van der Waals surface area contributed by atoms with Crippen molar-refractivity contribution in [3.8, 4) is 6.07 Å². The number of amides is 1. The maximum atomic E-state index is 12.2. The van der Waals surface area contributed by atoms with Crippen LogP contribution < -0.4 is 16.9 Å². The Bertz CT molecular complexity index is 813. The van der Waals surface area contributed by atoms with Gasteiger partial charge in [0, 0.05) is 18.1 Å². The number of hydrogen-bond acceptors (Lipinski definition) is 6. The molecule has 8 heteroatoms. The van der Waals surface area contributed by atoms with E-state index in [4.69, 9.17) is 16.8 Å². The molecule has 1 aliphatic carbocycles. The Morgan fingerprint density at radius 3 is 3.04 bits per heavy atom. The Hall–Kier alpha value is -3.05.